The summed E-state index contributed by atoms with van der Waals surface area (Å²) in [5, 5.41) is 2.66. The second-order valence-electron chi connectivity index (χ2n) is 7.76. The van der Waals surface area contributed by atoms with Crippen molar-refractivity contribution in [3.05, 3.63) is 58.6 Å². The monoisotopic (exact) mass is 494 g/mol. The largest absolute Gasteiger partial charge is 0.416 e. The van der Waals surface area contributed by atoms with Crippen LogP contribution in [0.3, 0.4) is 0 Å². The van der Waals surface area contributed by atoms with Gasteiger partial charge in [-0.15, -0.1) is 0 Å². The maximum Gasteiger partial charge on any atom is 0.416 e. The van der Waals surface area contributed by atoms with Crippen LogP contribution in [0.4, 0.5) is 24.5 Å². The van der Waals surface area contributed by atoms with Crippen molar-refractivity contribution >= 4 is 57.6 Å². The number of hydrogen-bond donors (Lipinski definition) is 1. The lowest BCUT2D eigenvalue weighted by Crippen LogP contribution is -2.42. The number of carbonyl (C=O) groups excluding carboxylic acids is 2. The van der Waals surface area contributed by atoms with Gasteiger partial charge in [-0.2, -0.15) is 13.2 Å². The second-order valence-corrected chi connectivity index (χ2v) is 9.11. The fourth-order valence-corrected chi connectivity index (χ4v) is 4.38. The Balaban J connectivity index is 1.54. The summed E-state index contributed by atoms with van der Waals surface area (Å²) in [6, 6.07) is 9.37. The van der Waals surface area contributed by atoms with Gasteiger partial charge in [0.15, 0.2) is 5.17 Å². The molecule has 2 aromatic carbocycles. The van der Waals surface area contributed by atoms with E-state index in [1.54, 1.807) is 12.1 Å². The lowest BCUT2D eigenvalue weighted by atomic mass is 10.1. The summed E-state index contributed by atoms with van der Waals surface area (Å²) in [6.07, 6.45) is -4.57. The standard InChI is InChI=1S/C22H18ClF3N4O2S/c1-11(2)18-20(32)30-19(29-18)13-5-3-4-6-15(13)28-21(30)33-10-17(31)27-16-9-12(22(24,25)26)7-8-14(16)23/h3-9,11,18H,10H2,1-2H3,(H,27,31)/t18-/m0/s1. The summed E-state index contributed by atoms with van der Waals surface area (Å²) < 4.78 is 38.9. The van der Waals surface area contributed by atoms with Gasteiger partial charge in [-0.3, -0.25) is 14.6 Å². The summed E-state index contributed by atoms with van der Waals surface area (Å²) in [6.45, 7) is 3.79. The van der Waals surface area contributed by atoms with Crippen LogP contribution >= 0.6 is 23.4 Å². The highest BCUT2D eigenvalue weighted by Gasteiger charge is 2.42. The van der Waals surface area contributed by atoms with Crippen molar-refractivity contribution in [2.75, 3.05) is 11.1 Å². The Kier molecular flexibility index (Phi) is 6.24. The van der Waals surface area contributed by atoms with Crippen LogP contribution in [0.2, 0.25) is 5.02 Å². The zero-order valence-corrected chi connectivity index (χ0v) is 19.1. The zero-order chi connectivity index (χ0) is 23.9. The molecule has 0 spiro atoms. The van der Waals surface area contributed by atoms with Crippen molar-refractivity contribution in [3.63, 3.8) is 0 Å². The van der Waals surface area contributed by atoms with Crippen molar-refractivity contribution in [3.8, 4) is 0 Å². The van der Waals surface area contributed by atoms with Crippen LogP contribution in [0.15, 0.2) is 52.4 Å². The molecule has 33 heavy (non-hydrogen) atoms. The number of amidine groups is 2. The number of anilines is 1. The first kappa shape index (κ1) is 23.3. The van der Waals surface area contributed by atoms with Gasteiger partial charge in [0.2, 0.25) is 5.91 Å². The SMILES string of the molecule is CC(C)[C@@H]1N=C2c3ccccc3N=C(SCC(=O)Nc3cc(C(F)(F)F)ccc3Cl)N2C1=O. The maximum absolute atomic E-state index is 13.0. The van der Waals surface area contributed by atoms with Gasteiger partial charge in [0.25, 0.3) is 5.91 Å². The van der Waals surface area contributed by atoms with E-state index in [1.807, 2.05) is 26.0 Å². The van der Waals surface area contributed by atoms with E-state index in [0.29, 0.717) is 11.5 Å². The summed E-state index contributed by atoms with van der Waals surface area (Å²) >= 11 is 6.95. The molecular formula is C22H18ClF3N4O2S. The first-order chi connectivity index (χ1) is 15.6. The molecule has 2 amide bonds. The van der Waals surface area contributed by atoms with Gasteiger partial charge < -0.3 is 5.32 Å². The third-order valence-corrected chi connectivity index (χ3v) is 6.30. The lowest BCUT2D eigenvalue weighted by Gasteiger charge is -2.25. The van der Waals surface area contributed by atoms with Crippen LogP contribution < -0.4 is 5.32 Å². The number of thioether (sulfide) groups is 1. The van der Waals surface area contributed by atoms with Crippen molar-refractivity contribution in [2.45, 2.75) is 26.1 Å². The molecule has 1 atom stereocenters. The molecule has 0 saturated heterocycles. The van der Waals surface area contributed by atoms with Gasteiger partial charge in [-0.25, -0.2) is 9.89 Å². The zero-order valence-electron chi connectivity index (χ0n) is 17.5. The molecule has 0 saturated carbocycles. The fraction of sp³-hybridized carbons (Fsp3) is 0.273. The van der Waals surface area contributed by atoms with Crippen LogP contribution in [0.25, 0.3) is 0 Å². The van der Waals surface area contributed by atoms with E-state index in [1.165, 1.54) is 4.90 Å². The number of rotatable bonds is 4. The summed E-state index contributed by atoms with van der Waals surface area (Å²) in [4.78, 5) is 36.0. The van der Waals surface area contributed by atoms with E-state index in [2.05, 4.69) is 15.3 Å². The number of carbonyl (C=O) groups is 2. The number of benzene rings is 2. The molecule has 0 radical (unpaired) electrons. The van der Waals surface area contributed by atoms with Crippen molar-refractivity contribution in [1.82, 2.24) is 4.90 Å². The molecule has 0 bridgehead atoms. The molecule has 2 aromatic rings. The highest BCUT2D eigenvalue weighted by molar-refractivity contribution is 8.14. The number of amides is 2. The van der Waals surface area contributed by atoms with Crippen molar-refractivity contribution in [1.29, 1.82) is 0 Å². The number of hydrogen-bond acceptors (Lipinski definition) is 5. The van der Waals surface area contributed by atoms with Gasteiger partial charge in [0.05, 0.1) is 27.7 Å². The molecule has 2 heterocycles. The molecule has 2 aliphatic heterocycles. The molecule has 0 fully saturated rings. The first-order valence-corrected chi connectivity index (χ1v) is 11.3. The maximum atomic E-state index is 13.0. The minimum absolute atomic E-state index is 0.0193. The van der Waals surface area contributed by atoms with E-state index in [4.69, 9.17) is 11.6 Å². The number of halogens is 4. The normalized spacial score (nSPS) is 17.5. The van der Waals surface area contributed by atoms with Gasteiger partial charge in [0, 0.05) is 5.56 Å². The van der Waals surface area contributed by atoms with Crippen LogP contribution in [0, 0.1) is 5.92 Å². The average Bonchev–Trinajstić information content (AvgIpc) is 3.11. The molecule has 11 heteroatoms. The number of fused-ring (bicyclic) bond motifs is 3. The second kappa shape index (κ2) is 8.83. The number of para-hydroxylation sites is 1. The van der Waals surface area contributed by atoms with Crippen LogP contribution in [0.5, 0.6) is 0 Å². The van der Waals surface area contributed by atoms with E-state index in [-0.39, 0.29) is 33.5 Å². The topological polar surface area (TPSA) is 74.1 Å². The van der Waals surface area contributed by atoms with E-state index >= 15 is 0 Å². The summed E-state index contributed by atoms with van der Waals surface area (Å²) in [7, 11) is 0. The smallest absolute Gasteiger partial charge is 0.324 e. The molecule has 0 aromatic heterocycles. The van der Waals surface area contributed by atoms with Gasteiger partial charge in [0.1, 0.15) is 11.9 Å². The van der Waals surface area contributed by atoms with Gasteiger partial charge in [-0.1, -0.05) is 49.3 Å². The molecule has 0 unspecified atom stereocenters. The fourth-order valence-electron chi connectivity index (χ4n) is 3.41. The Labute approximate surface area is 196 Å². The Bertz CT molecular complexity index is 1200. The first-order valence-electron chi connectivity index (χ1n) is 9.95. The average molecular weight is 495 g/mol. The molecule has 172 valence electrons. The Morgan fingerprint density at radius 1 is 1.24 bits per heavy atom. The van der Waals surface area contributed by atoms with Crippen molar-refractivity contribution < 1.29 is 22.8 Å². The Morgan fingerprint density at radius 2 is 1.97 bits per heavy atom. The Morgan fingerprint density at radius 3 is 2.67 bits per heavy atom. The molecule has 0 aliphatic carbocycles. The van der Waals surface area contributed by atoms with Crippen LogP contribution in [0.1, 0.15) is 25.0 Å². The van der Waals surface area contributed by atoms with E-state index in [0.717, 1.165) is 35.5 Å². The highest BCUT2D eigenvalue weighted by atomic mass is 35.5. The molecule has 2 aliphatic rings. The summed E-state index contributed by atoms with van der Waals surface area (Å²) in [5.74, 6) is -0.569. The highest BCUT2D eigenvalue weighted by Crippen LogP contribution is 2.36. The van der Waals surface area contributed by atoms with E-state index in [9.17, 15) is 22.8 Å². The minimum atomic E-state index is -4.57. The molecule has 4 rings (SSSR count). The van der Waals surface area contributed by atoms with Crippen LogP contribution in [-0.4, -0.2) is 39.5 Å². The molecular weight excluding hydrogens is 477 g/mol. The van der Waals surface area contributed by atoms with Gasteiger partial charge in [-0.05, 0) is 36.2 Å². The minimum Gasteiger partial charge on any atom is -0.324 e. The predicted molar refractivity (Wildman–Crippen MR) is 123 cm³/mol. The number of alkyl halides is 3. The third kappa shape index (κ3) is 4.63. The van der Waals surface area contributed by atoms with Gasteiger partial charge >= 0.3 is 6.18 Å². The number of nitrogens with one attached hydrogen (secondary N) is 1. The quantitative estimate of drug-likeness (QED) is 0.623. The number of aliphatic imine (C=N–C) groups is 2. The number of nitrogens with zero attached hydrogens (tertiary/aromatic N) is 3. The summed E-state index contributed by atoms with van der Waals surface area (Å²) in [5.41, 5.74) is 0.269. The van der Waals surface area contributed by atoms with E-state index < -0.39 is 23.7 Å². The molecule has 6 nitrogen and oxygen atoms in total. The van der Waals surface area contributed by atoms with Crippen LogP contribution in [-0.2, 0) is 15.8 Å². The Hall–Kier alpha value is -2.85. The predicted octanol–water partition coefficient (Wildman–Crippen LogP) is 5.35. The lowest BCUT2D eigenvalue weighted by molar-refractivity contribution is -0.137. The van der Waals surface area contributed by atoms with Crippen molar-refractivity contribution in [2.24, 2.45) is 15.9 Å². The third-order valence-electron chi connectivity index (χ3n) is 5.03. The molecule has 1 N–H and O–H groups in total.